The zero-order valence-electron chi connectivity index (χ0n) is 10.6. The van der Waals surface area contributed by atoms with Crippen molar-refractivity contribution in [1.29, 1.82) is 0 Å². The van der Waals surface area contributed by atoms with Crippen LogP contribution in [-0.2, 0) is 0 Å². The largest absolute Gasteiger partial charge is 0.573 e. The Labute approximate surface area is 118 Å². The average Bonchev–Trinajstić information content (AvgIpc) is 2.28. The lowest BCUT2D eigenvalue weighted by molar-refractivity contribution is -0.274. The van der Waals surface area contributed by atoms with Gasteiger partial charge in [-0.15, -0.1) is 13.2 Å². The molecule has 0 fully saturated rings. The normalized spacial score (nSPS) is 11.7. The Hall–Kier alpha value is -1.04. The maximum atomic E-state index is 12.3. The molecule has 0 N–H and O–H groups in total. The molecule has 0 saturated carbocycles. The lowest BCUT2D eigenvalue weighted by Crippen LogP contribution is -2.21. The first kappa shape index (κ1) is 16.0. The minimum atomic E-state index is -4.82. The van der Waals surface area contributed by atoms with Crippen molar-refractivity contribution in [2.75, 3.05) is 0 Å². The van der Waals surface area contributed by atoms with Crippen LogP contribution in [-0.4, -0.2) is 12.1 Å². The van der Waals surface area contributed by atoms with Gasteiger partial charge in [0.1, 0.15) is 5.75 Å². The second-order valence-electron chi connectivity index (χ2n) is 4.07. The molecular formula is C13H14BrF3O2. The summed E-state index contributed by atoms with van der Waals surface area (Å²) in [7, 11) is 0. The quantitative estimate of drug-likeness (QED) is 0.708. The lowest BCUT2D eigenvalue weighted by Gasteiger charge is -2.16. The molecule has 6 heteroatoms. The fourth-order valence-corrected chi connectivity index (χ4v) is 2.13. The third-order valence-electron chi connectivity index (χ3n) is 2.79. The molecule has 1 aromatic carbocycles. The second-order valence-corrected chi connectivity index (χ2v) is 4.98. The highest BCUT2D eigenvalue weighted by Crippen LogP contribution is 2.31. The number of ketones is 1. The summed E-state index contributed by atoms with van der Waals surface area (Å²) in [5.74, 6) is -1.08. The molecule has 0 amide bonds. The van der Waals surface area contributed by atoms with E-state index in [4.69, 9.17) is 0 Å². The smallest absolute Gasteiger partial charge is 0.405 e. The van der Waals surface area contributed by atoms with Crippen molar-refractivity contribution in [3.05, 3.63) is 28.2 Å². The van der Waals surface area contributed by atoms with E-state index in [9.17, 15) is 18.0 Å². The molecule has 0 aliphatic heterocycles. The van der Waals surface area contributed by atoms with Crippen molar-refractivity contribution in [2.24, 2.45) is 5.92 Å². The molecule has 0 atom stereocenters. The summed E-state index contributed by atoms with van der Waals surface area (Å²) < 4.78 is 41.3. The van der Waals surface area contributed by atoms with Crippen molar-refractivity contribution in [1.82, 2.24) is 0 Å². The Morgan fingerprint density at radius 2 is 1.89 bits per heavy atom. The van der Waals surface area contributed by atoms with E-state index in [0.717, 1.165) is 6.07 Å². The Morgan fingerprint density at radius 3 is 2.37 bits per heavy atom. The number of hydrogen-bond acceptors (Lipinski definition) is 2. The van der Waals surface area contributed by atoms with Gasteiger partial charge in [0.25, 0.3) is 0 Å². The predicted molar refractivity (Wildman–Crippen MR) is 69.2 cm³/mol. The highest BCUT2D eigenvalue weighted by molar-refractivity contribution is 9.10. The van der Waals surface area contributed by atoms with Crippen molar-refractivity contribution >= 4 is 21.7 Å². The molecule has 0 heterocycles. The van der Waals surface area contributed by atoms with E-state index < -0.39 is 12.1 Å². The number of halogens is 4. The van der Waals surface area contributed by atoms with Gasteiger partial charge in [-0.1, -0.05) is 29.8 Å². The SMILES string of the molecule is CCC(CC)C(=O)c1ccc(Br)cc1OC(F)(F)F. The number of Topliss-reactive ketones (excluding diaryl/α,β-unsaturated/α-hetero) is 1. The number of rotatable bonds is 5. The summed E-state index contributed by atoms with van der Waals surface area (Å²) >= 11 is 3.07. The van der Waals surface area contributed by atoms with Gasteiger partial charge in [0.05, 0.1) is 5.56 Å². The molecule has 0 aromatic heterocycles. The molecule has 106 valence electrons. The van der Waals surface area contributed by atoms with Gasteiger partial charge in [-0.25, -0.2) is 0 Å². The van der Waals surface area contributed by atoms with E-state index in [0.29, 0.717) is 17.3 Å². The Balaban J connectivity index is 3.16. The van der Waals surface area contributed by atoms with Crippen LogP contribution < -0.4 is 4.74 Å². The molecule has 0 spiro atoms. The van der Waals surface area contributed by atoms with E-state index in [1.165, 1.54) is 12.1 Å². The summed E-state index contributed by atoms with van der Waals surface area (Å²) in [5.41, 5.74) is -0.0331. The van der Waals surface area contributed by atoms with Crippen molar-refractivity contribution < 1.29 is 22.7 Å². The van der Waals surface area contributed by atoms with Crippen LogP contribution in [0.3, 0.4) is 0 Å². The number of alkyl halides is 3. The monoisotopic (exact) mass is 338 g/mol. The van der Waals surface area contributed by atoms with Crippen molar-refractivity contribution in [3.63, 3.8) is 0 Å². The van der Waals surface area contributed by atoms with E-state index in [1.807, 2.05) is 13.8 Å². The van der Waals surface area contributed by atoms with Crippen LogP contribution in [0.5, 0.6) is 5.75 Å². The molecule has 2 nitrogen and oxygen atoms in total. The van der Waals surface area contributed by atoms with Gasteiger partial charge in [-0.05, 0) is 31.0 Å². The van der Waals surface area contributed by atoms with Gasteiger partial charge in [-0.2, -0.15) is 0 Å². The molecular weight excluding hydrogens is 325 g/mol. The summed E-state index contributed by atoms with van der Waals surface area (Å²) in [4.78, 5) is 12.2. The highest BCUT2D eigenvalue weighted by atomic mass is 79.9. The van der Waals surface area contributed by atoms with Gasteiger partial charge < -0.3 is 4.74 Å². The van der Waals surface area contributed by atoms with Crippen LogP contribution >= 0.6 is 15.9 Å². The number of carbonyl (C=O) groups is 1. The minimum Gasteiger partial charge on any atom is -0.405 e. The zero-order valence-corrected chi connectivity index (χ0v) is 12.1. The van der Waals surface area contributed by atoms with Crippen LogP contribution in [0.4, 0.5) is 13.2 Å². The highest BCUT2D eigenvalue weighted by Gasteiger charge is 2.33. The summed E-state index contributed by atoms with van der Waals surface area (Å²) in [6, 6.07) is 4.04. The molecule has 0 saturated heterocycles. The van der Waals surface area contributed by atoms with Gasteiger partial charge in [-0.3, -0.25) is 4.79 Å². The molecule has 19 heavy (non-hydrogen) atoms. The summed E-state index contributed by atoms with van der Waals surface area (Å²) in [6.45, 7) is 3.66. The molecule has 0 unspecified atom stereocenters. The first-order valence-corrected chi connectivity index (χ1v) is 6.67. The van der Waals surface area contributed by atoms with Crippen molar-refractivity contribution in [2.45, 2.75) is 33.1 Å². The van der Waals surface area contributed by atoms with Gasteiger partial charge >= 0.3 is 6.36 Å². The molecule has 1 aromatic rings. The number of benzene rings is 1. The first-order valence-electron chi connectivity index (χ1n) is 5.88. The molecule has 1 rings (SSSR count). The fourth-order valence-electron chi connectivity index (χ4n) is 1.79. The van der Waals surface area contributed by atoms with E-state index in [-0.39, 0.29) is 17.3 Å². The molecule has 0 aliphatic rings. The second kappa shape index (κ2) is 6.41. The molecule has 0 bridgehead atoms. The third-order valence-corrected chi connectivity index (χ3v) is 3.28. The number of carbonyl (C=O) groups excluding carboxylic acids is 1. The lowest BCUT2D eigenvalue weighted by atomic mass is 9.92. The first-order chi connectivity index (χ1) is 8.78. The van der Waals surface area contributed by atoms with E-state index in [1.54, 1.807) is 0 Å². The van der Waals surface area contributed by atoms with Crippen LogP contribution in [0.15, 0.2) is 22.7 Å². The predicted octanol–water partition coefficient (Wildman–Crippen LogP) is 4.97. The van der Waals surface area contributed by atoms with E-state index >= 15 is 0 Å². The topological polar surface area (TPSA) is 26.3 Å². The standard InChI is InChI=1S/C13H14BrF3O2/c1-3-8(4-2)12(18)10-6-5-9(14)7-11(10)19-13(15,16)17/h5-8H,3-4H2,1-2H3. The van der Waals surface area contributed by atoms with Crippen LogP contribution in [0.1, 0.15) is 37.0 Å². The third kappa shape index (κ3) is 4.53. The summed E-state index contributed by atoms with van der Waals surface area (Å²) in [6.07, 6.45) is -3.66. The van der Waals surface area contributed by atoms with Crippen molar-refractivity contribution in [3.8, 4) is 5.75 Å². The van der Waals surface area contributed by atoms with Gasteiger partial charge in [0.15, 0.2) is 5.78 Å². The van der Waals surface area contributed by atoms with Gasteiger partial charge in [0.2, 0.25) is 0 Å². The molecule has 0 aliphatic carbocycles. The molecule has 0 radical (unpaired) electrons. The number of hydrogen-bond donors (Lipinski definition) is 0. The zero-order chi connectivity index (χ0) is 14.6. The number of ether oxygens (including phenoxy) is 1. The fraction of sp³-hybridized carbons (Fsp3) is 0.462. The Kier molecular flexibility index (Phi) is 5.40. The van der Waals surface area contributed by atoms with Crippen LogP contribution in [0.2, 0.25) is 0 Å². The summed E-state index contributed by atoms with van der Waals surface area (Å²) in [5, 5.41) is 0. The van der Waals surface area contributed by atoms with Gasteiger partial charge in [0, 0.05) is 10.4 Å². The van der Waals surface area contributed by atoms with Crippen LogP contribution in [0, 0.1) is 5.92 Å². The Bertz CT molecular complexity index is 454. The Morgan fingerprint density at radius 1 is 1.32 bits per heavy atom. The maximum Gasteiger partial charge on any atom is 0.573 e. The van der Waals surface area contributed by atoms with Crippen LogP contribution in [0.25, 0.3) is 0 Å². The average molecular weight is 339 g/mol. The minimum absolute atomic E-state index is 0.0331. The van der Waals surface area contributed by atoms with E-state index in [2.05, 4.69) is 20.7 Å². The maximum absolute atomic E-state index is 12.3.